The Morgan fingerprint density at radius 2 is 1.67 bits per heavy atom. The Labute approximate surface area is 166 Å². The molecule has 4 N–H and O–H groups in total. The van der Waals surface area contributed by atoms with Gasteiger partial charge in [0.1, 0.15) is 0 Å². The molecule has 0 aliphatic heterocycles. The molecule has 2 nitrogen and oxygen atoms in total. The molecule has 0 aromatic carbocycles. The molecule has 0 aromatic heterocycles. The van der Waals surface area contributed by atoms with E-state index in [-0.39, 0.29) is 0 Å². The summed E-state index contributed by atoms with van der Waals surface area (Å²) in [6.07, 6.45) is 19.1. The minimum Gasteiger partial charge on any atom is -0.327 e. The van der Waals surface area contributed by atoms with Gasteiger partial charge in [-0.1, -0.05) is 19.8 Å². The van der Waals surface area contributed by atoms with Gasteiger partial charge in [-0.25, -0.2) is 0 Å². The van der Waals surface area contributed by atoms with E-state index in [1.165, 1.54) is 83.5 Å². The van der Waals surface area contributed by atoms with E-state index < -0.39 is 0 Å². The van der Waals surface area contributed by atoms with Gasteiger partial charge in [-0.05, 0) is 123 Å². The van der Waals surface area contributed by atoms with Crippen LogP contribution in [-0.2, 0) is 0 Å². The van der Waals surface area contributed by atoms with Crippen molar-refractivity contribution in [2.24, 2.45) is 63.7 Å². The highest BCUT2D eigenvalue weighted by molar-refractivity contribution is 5.14. The van der Waals surface area contributed by atoms with Crippen LogP contribution in [0, 0.1) is 52.3 Å². The smallest absolute Gasteiger partial charge is 0.0127 e. The molecule has 0 radical (unpaired) electrons. The Morgan fingerprint density at radius 1 is 0.815 bits per heavy atom. The van der Waals surface area contributed by atoms with Gasteiger partial charge in [-0.2, -0.15) is 0 Å². The van der Waals surface area contributed by atoms with Gasteiger partial charge in [0, 0.05) is 12.1 Å². The van der Waals surface area contributed by atoms with Gasteiger partial charge in [-0.3, -0.25) is 0 Å². The van der Waals surface area contributed by atoms with Crippen LogP contribution in [0.2, 0.25) is 0 Å². The molecular weight excluding hydrogens is 328 g/mol. The second kappa shape index (κ2) is 5.97. The molecule has 27 heavy (non-hydrogen) atoms. The minimum absolute atomic E-state index is 0.524. The normalized spacial score (nSPS) is 61.7. The van der Waals surface area contributed by atoms with Crippen LogP contribution < -0.4 is 11.5 Å². The maximum Gasteiger partial charge on any atom is 0.0127 e. The van der Waals surface area contributed by atoms with E-state index in [0.717, 1.165) is 41.4 Å². The summed E-state index contributed by atoms with van der Waals surface area (Å²) in [5, 5.41) is 0. The quantitative estimate of drug-likeness (QED) is 0.710. The van der Waals surface area contributed by atoms with E-state index in [4.69, 9.17) is 11.5 Å². The number of rotatable bonds is 2. The predicted octanol–water partition coefficient (Wildman–Crippen LogP) is 5.10. The average molecular weight is 371 g/mol. The first kappa shape index (κ1) is 17.8. The van der Waals surface area contributed by atoms with Crippen molar-refractivity contribution in [1.29, 1.82) is 0 Å². The highest BCUT2D eigenvalue weighted by atomic mass is 14.8. The van der Waals surface area contributed by atoms with Gasteiger partial charge in [0.25, 0.3) is 0 Å². The summed E-state index contributed by atoms with van der Waals surface area (Å²) < 4.78 is 0. The summed E-state index contributed by atoms with van der Waals surface area (Å²) in [5.41, 5.74) is 14.8. The zero-order chi connectivity index (χ0) is 18.4. The molecule has 6 fully saturated rings. The Kier molecular flexibility index (Phi) is 3.93. The first-order valence-electron chi connectivity index (χ1n) is 12.5. The van der Waals surface area contributed by atoms with E-state index in [1.54, 1.807) is 0 Å². The summed E-state index contributed by atoms with van der Waals surface area (Å²) in [7, 11) is 0. The van der Waals surface area contributed by atoms with Crippen molar-refractivity contribution in [3.8, 4) is 0 Å². The molecule has 2 spiro atoms. The van der Waals surface area contributed by atoms with Crippen LogP contribution in [0.3, 0.4) is 0 Å². The van der Waals surface area contributed by atoms with Crippen LogP contribution in [0.5, 0.6) is 0 Å². The minimum atomic E-state index is 0.524. The van der Waals surface area contributed by atoms with Crippen molar-refractivity contribution < 1.29 is 0 Å². The fraction of sp³-hybridized carbons (Fsp3) is 1.00. The molecule has 6 rings (SSSR count). The molecular formula is C25H42N2. The number of nitrogens with two attached hydrogens (primary N) is 2. The van der Waals surface area contributed by atoms with Crippen LogP contribution in [0.1, 0.15) is 90.4 Å². The van der Waals surface area contributed by atoms with Crippen molar-refractivity contribution in [1.82, 2.24) is 0 Å². The molecule has 152 valence electrons. The zero-order valence-electron chi connectivity index (χ0n) is 17.5. The lowest BCUT2D eigenvalue weighted by atomic mass is 9.56. The summed E-state index contributed by atoms with van der Waals surface area (Å²) in [4.78, 5) is 0. The fourth-order valence-electron chi connectivity index (χ4n) is 10.5. The SMILES string of the molecule is C[C@H]1CCCC2(C1)[C@@H]1C[C@@H](CC1C[C@H]1CCC3(C1)[C@H]1CC[C@H](C1)[C@H]3N)[C@H]2N. The third-order valence-corrected chi connectivity index (χ3v) is 11.5. The van der Waals surface area contributed by atoms with Crippen molar-refractivity contribution in [3.05, 3.63) is 0 Å². The number of hydrogen-bond donors (Lipinski definition) is 2. The van der Waals surface area contributed by atoms with Crippen LogP contribution in [0.4, 0.5) is 0 Å². The molecule has 6 saturated carbocycles. The highest BCUT2D eigenvalue weighted by Gasteiger charge is 2.62. The molecule has 2 heteroatoms. The van der Waals surface area contributed by atoms with Crippen molar-refractivity contribution in [2.75, 3.05) is 0 Å². The largest absolute Gasteiger partial charge is 0.327 e. The van der Waals surface area contributed by atoms with Gasteiger partial charge in [0.15, 0.2) is 0 Å². The third-order valence-electron chi connectivity index (χ3n) is 11.5. The lowest BCUT2D eigenvalue weighted by molar-refractivity contribution is 0.0138. The summed E-state index contributed by atoms with van der Waals surface area (Å²) >= 11 is 0. The second-order valence-electron chi connectivity index (χ2n) is 12.4. The Morgan fingerprint density at radius 3 is 2.41 bits per heavy atom. The summed E-state index contributed by atoms with van der Waals surface area (Å²) in [6.45, 7) is 2.49. The molecule has 6 aliphatic carbocycles. The Bertz CT molecular complexity index is 599. The summed E-state index contributed by atoms with van der Waals surface area (Å²) in [5.74, 6) is 6.56. The molecule has 0 heterocycles. The van der Waals surface area contributed by atoms with Crippen molar-refractivity contribution in [3.63, 3.8) is 0 Å². The number of fused-ring (bicyclic) bond motifs is 6. The lowest BCUT2D eigenvalue weighted by Gasteiger charge is -2.50. The first-order chi connectivity index (χ1) is 13.0. The van der Waals surface area contributed by atoms with E-state index in [9.17, 15) is 0 Å². The molecule has 3 unspecified atom stereocenters. The van der Waals surface area contributed by atoms with E-state index in [0.29, 0.717) is 22.9 Å². The van der Waals surface area contributed by atoms with Gasteiger partial charge >= 0.3 is 0 Å². The second-order valence-corrected chi connectivity index (χ2v) is 12.4. The van der Waals surface area contributed by atoms with Gasteiger partial charge in [-0.15, -0.1) is 0 Å². The topological polar surface area (TPSA) is 52.0 Å². The fourth-order valence-corrected chi connectivity index (χ4v) is 10.5. The predicted molar refractivity (Wildman–Crippen MR) is 111 cm³/mol. The lowest BCUT2D eigenvalue weighted by Crippen LogP contribution is -2.51. The molecule has 0 aromatic rings. The van der Waals surface area contributed by atoms with E-state index in [2.05, 4.69) is 6.92 Å². The van der Waals surface area contributed by atoms with Crippen molar-refractivity contribution >= 4 is 0 Å². The molecule has 4 bridgehead atoms. The standard InChI is InChI=1S/C25H42N2/c1-15-3-2-7-25(13-15)21-12-19(23(25)27)10-18(21)9-16-6-8-24(14-16)20-5-4-17(11-20)22(24)26/h15-23H,2-14,26-27H2,1H3/t15-,16+,17+,18?,19+,20-,21+,22+,23+,24?,25?/m0/s1. The molecule has 11 atom stereocenters. The van der Waals surface area contributed by atoms with E-state index >= 15 is 0 Å². The van der Waals surface area contributed by atoms with Crippen molar-refractivity contribution in [2.45, 2.75) is 102 Å². The van der Waals surface area contributed by atoms with Gasteiger partial charge < -0.3 is 11.5 Å². The molecule has 0 saturated heterocycles. The van der Waals surface area contributed by atoms with Crippen LogP contribution in [0.15, 0.2) is 0 Å². The van der Waals surface area contributed by atoms with Crippen LogP contribution >= 0.6 is 0 Å². The van der Waals surface area contributed by atoms with E-state index in [1.807, 2.05) is 0 Å². The van der Waals surface area contributed by atoms with Crippen LogP contribution in [0.25, 0.3) is 0 Å². The molecule has 0 amide bonds. The molecule has 6 aliphatic rings. The maximum absolute atomic E-state index is 6.90. The average Bonchev–Trinajstić information content (AvgIpc) is 3.43. The van der Waals surface area contributed by atoms with Gasteiger partial charge in [0.05, 0.1) is 0 Å². The highest BCUT2D eigenvalue weighted by Crippen LogP contribution is 2.67. The van der Waals surface area contributed by atoms with Crippen LogP contribution in [-0.4, -0.2) is 12.1 Å². The first-order valence-corrected chi connectivity index (χ1v) is 12.5. The Balaban J connectivity index is 1.17. The maximum atomic E-state index is 6.90. The zero-order valence-corrected chi connectivity index (χ0v) is 17.5. The summed E-state index contributed by atoms with van der Waals surface area (Å²) in [6, 6.07) is 1.07. The van der Waals surface area contributed by atoms with Gasteiger partial charge in [0.2, 0.25) is 0 Å². The Hall–Kier alpha value is -0.0800. The number of hydrogen-bond acceptors (Lipinski definition) is 2. The third kappa shape index (κ3) is 2.32. The monoisotopic (exact) mass is 370 g/mol.